The van der Waals surface area contributed by atoms with Crippen molar-refractivity contribution in [1.29, 1.82) is 5.26 Å². The van der Waals surface area contributed by atoms with E-state index >= 15 is 0 Å². The molecule has 1 fully saturated rings. The highest BCUT2D eigenvalue weighted by atomic mass is 16.5. The molecule has 1 saturated heterocycles. The Balaban J connectivity index is 1.36. The highest BCUT2D eigenvalue weighted by Crippen LogP contribution is 2.33. The lowest BCUT2D eigenvalue weighted by atomic mass is 10.1. The Morgan fingerprint density at radius 2 is 2.03 bits per heavy atom. The molecular weight excluding hydrogens is 472 g/mol. The van der Waals surface area contributed by atoms with Crippen LogP contribution in [-0.4, -0.2) is 84.1 Å². The van der Waals surface area contributed by atoms with Gasteiger partial charge in [-0.25, -0.2) is 0 Å². The number of aromatic nitrogens is 3. The van der Waals surface area contributed by atoms with Gasteiger partial charge < -0.3 is 23.8 Å². The standard InChI is InChI=1S/C27H28N6O4/c1-17-16-32(2)8-9-33(17)27(34)19-6-4-18(5-7-19)25-14-23(31-37-25)26-21-12-20(15-28)24(36-11-10-35-3)13-22(21)29-30-26/h4-7,12-14,17H,8-11,16H2,1-3H3,(H,29,30)/t17-/m0/s1. The molecule has 37 heavy (non-hydrogen) atoms. The number of nitrogens with zero attached hydrogens (tertiary/aromatic N) is 5. The van der Waals surface area contributed by atoms with E-state index in [1.54, 1.807) is 25.3 Å². The fourth-order valence-electron chi connectivity index (χ4n) is 4.59. The van der Waals surface area contributed by atoms with Gasteiger partial charge in [-0.1, -0.05) is 17.3 Å². The summed E-state index contributed by atoms with van der Waals surface area (Å²) in [5, 5.41) is 21.9. The number of hydrogen-bond donors (Lipinski definition) is 1. The highest BCUT2D eigenvalue weighted by Gasteiger charge is 2.26. The molecule has 3 heterocycles. The lowest BCUT2D eigenvalue weighted by Crippen LogP contribution is -2.52. The minimum atomic E-state index is 0.0345. The van der Waals surface area contributed by atoms with Gasteiger partial charge in [0.15, 0.2) is 5.76 Å². The molecule has 0 bridgehead atoms. The van der Waals surface area contributed by atoms with Gasteiger partial charge in [0.1, 0.15) is 29.8 Å². The van der Waals surface area contributed by atoms with E-state index in [1.807, 2.05) is 29.2 Å². The third-order valence-electron chi connectivity index (χ3n) is 6.59. The van der Waals surface area contributed by atoms with E-state index in [0.717, 1.165) is 30.6 Å². The van der Waals surface area contributed by atoms with Crippen LogP contribution in [0.1, 0.15) is 22.8 Å². The number of aromatic amines is 1. The van der Waals surface area contributed by atoms with Crippen LogP contribution >= 0.6 is 0 Å². The van der Waals surface area contributed by atoms with E-state index in [0.29, 0.717) is 52.8 Å². The van der Waals surface area contributed by atoms with Crippen LogP contribution in [0.5, 0.6) is 5.75 Å². The number of amides is 1. The van der Waals surface area contributed by atoms with E-state index in [9.17, 15) is 10.1 Å². The first-order valence-electron chi connectivity index (χ1n) is 12.1. The molecule has 10 heteroatoms. The first kappa shape index (κ1) is 24.5. The zero-order chi connectivity index (χ0) is 25.9. The Morgan fingerprint density at radius 1 is 1.22 bits per heavy atom. The predicted molar refractivity (Wildman–Crippen MR) is 137 cm³/mol. The van der Waals surface area contributed by atoms with Gasteiger partial charge in [-0.05, 0) is 32.2 Å². The Kier molecular flexibility index (Phi) is 6.90. The van der Waals surface area contributed by atoms with Gasteiger partial charge in [0.25, 0.3) is 5.91 Å². The van der Waals surface area contributed by atoms with E-state index in [2.05, 4.69) is 40.3 Å². The number of rotatable bonds is 7. The van der Waals surface area contributed by atoms with Gasteiger partial charge in [-0.3, -0.25) is 9.89 Å². The maximum atomic E-state index is 13.0. The second kappa shape index (κ2) is 10.4. The summed E-state index contributed by atoms with van der Waals surface area (Å²) in [6.45, 7) is 5.28. The molecule has 1 aliphatic rings. The number of H-pyrrole nitrogens is 1. The number of hydrogen-bond acceptors (Lipinski definition) is 8. The van der Waals surface area contributed by atoms with Crippen LogP contribution in [0.25, 0.3) is 33.6 Å². The number of carbonyl (C=O) groups is 1. The molecule has 2 aromatic carbocycles. The summed E-state index contributed by atoms with van der Waals surface area (Å²) in [5.41, 5.74) is 3.65. The maximum Gasteiger partial charge on any atom is 0.254 e. The third kappa shape index (κ3) is 4.91. The van der Waals surface area contributed by atoms with Gasteiger partial charge in [0.2, 0.25) is 0 Å². The van der Waals surface area contributed by atoms with Crippen molar-refractivity contribution in [3.63, 3.8) is 0 Å². The van der Waals surface area contributed by atoms with Crippen LogP contribution in [0.3, 0.4) is 0 Å². The molecule has 0 aliphatic carbocycles. The number of benzene rings is 2. The second-order valence-corrected chi connectivity index (χ2v) is 9.18. The minimum absolute atomic E-state index is 0.0345. The summed E-state index contributed by atoms with van der Waals surface area (Å²) in [4.78, 5) is 17.2. The molecule has 4 aromatic rings. The van der Waals surface area contributed by atoms with Gasteiger partial charge in [0, 0.05) is 61.4 Å². The van der Waals surface area contributed by atoms with Gasteiger partial charge in [-0.15, -0.1) is 0 Å². The molecule has 0 radical (unpaired) electrons. The smallest absolute Gasteiger partial charge is 0.254 e. The monoisotopic (exact) mass is 500 g/mol. The summed E-state index contributed by atoms with van der Waals surface area (Å²) in [5.74, 6) is 1.05. The number of nitriles is 1. The first-order valence-corrected chi connectivity index (χ1v) is 12.1. The third-order valence-corrected chi connectivity index (χ3v) is 6.59. The van der Waals surface area contributed by atoms with Gasteiger partial charge in [-0.2, -0.15) is 10.4 Å². The Morgan fingerprint density at radius 3 is 2.76 bits per heavy atom. The molecule has 0 spiro atoms. The fourth-order valence-corrected chi connectivity index (χ4v) is 4.59. The van der Waals surface area contributed by atoms with Crippen LogP contribution in [-0.2, 0) is 4.74 Å². The molecule has 1 atom stereocenters. The van der Waals surface area contributed by atoms with Crippen molar-refractivity contribution < 1.29 is 18.8 Å². The second-order valence-electron chi connectivity index (χ2n) is 9.18. The topological polar surface area (TPSA) is 121 Å². The predicted octanol–water partition coefficient (Wildman–Crippen LogP) is 3.56. The van der Waals surface area contributed by atoms with E-state index < -0.39 is 0 Å². The summed E-state index contributed by atoms with van der Waals surface area (Å²) in [6, 6.07) is 15.0. The molecule has 1 N–H and O–H groups in total. The summed E-state index contributed by atoms with van der Waals surface area (Å²) < 4.78 is 16.3. The van der Waals surface area contributed by atoms with Crippen LogP contribution in [0.15, 0.2) is 47.0 Å². The average molecular weight is 501 g/mol. The zero-order valence-corrected chi connectivity index (χ0v) is 21.0. The maximum absolute atomic E-state index is 13.0. The summed E-state index contributed by atoms with van der Waals surface area (Å²) in [6.07, 6.45) is 0. The van der Waals surface area contributed by atoms with E-state index in [4.69, 9.17) is 14.0 Å². The number of likely N-dealkylation sites (N-methyl/N-ethyl adjacent to an activating group) is 1. The molecule has 1 aliphatic heterocycles. The number of methoxy groups -OCH3 is 1. The molecule has 10 nitrogen and oxygen atoms in total. The first-order chi connectivity index (χ1) is 18.0. The number of ether oxygens (including phenoxy) is 2. The molecule has 2 aromatic heterocycles. The largest absolute Gasteiger partial charge is 0.490 e. The van der Waals surface area contributed by atoms with Crippen molar-refractivity contribution >= 4 is 16.8 Å². The van der Waals surface area contributed by atoms with Crippen molar-refractivity contribution in [2.75, 3.05) is 47.0 Å². The number of piperazine rings is 1. The van der Waals surface area contributed by atoms with Crippen LogP contribution in [0, 0.1) is 11.3 Å². The van der Waals surface area contributed by atoms with E-state index in [-0.39, 0.29) is 11.9 Å². The molecule has 1 amide bonds. The lowest BCUT2D eigenvalue weighted by Gasteiger charge is -2.38. The van der Waals surface area contributed by atoms with Crippen molar-refractivity contribution in [1.82, 2.24) is 25.2 Å². The number of carbonyl (C=O) groups excluding carboxylic acids is 1. The number of nitrogens with one attached hydrogen (secondary N) is 1. The normalized spacial score (nSPS) is 16.2. The Bertz CT molecular complexity index is 1450. The highest BCUT2D eigenvalue weighted by molar-refractivity contribution is 5.96. The molecular formula is C27H28N6O4. The van der Waals surface area contributed by atoms with Crippen molar-refractivity contribution in [3.05, 3.63) is 53.6 Å². The number of fused-ring (bicyclic) bond motifs is 1. The van der Waals surface area contributed by atoms with Crippen molar-refractivity contribution in [2.24, 2.45) is 0 Å². The Hall–Kier alpha value is -4.20. The van der Waals surface area contributed by atoms with Crippen molar-refractivity contribution in [2.45, 2.75) is 13.0 Å². The van der Waals surface area contributed by atoms with Crippen LogP contribution in [0.4, 0.5) is 0 Å². The fraction of sp³-hybridized carbons (Fsp3) is 0.333. The molecule has 5 rings (SSSR count). The zero-order valence-electron chi connectivity index (χ0n) is 21.0. The quantitative estimate of drug-likeness (QED) is 0.383. The molecule has 0 saturated carbocycles. The summed E-state index contributed by atoms with van der Waals surface area (Å²) in [7, 11) is 3.66. The minimum Gasteiger partial charge on any atom is -0.490 e. The summed E-state index contributed by atoms with van der Waals surface area (Å²) >= 11 is 0. The van der Waals surface area contributed by atoms with Crippen LogP contribution in [0.2, 0.25) is 0 Å². The van der Waals surface area contributed by atoms with Gasteiger partial charge in [0.05, 0.1) is 17.7 Å². The SMILES string of the molecule is COCCOc1cc2[nH]nc(-c3cc(-c4ccc(C(=O)N5CCN(C)C[C@@H]5C)cc4)on3)c2cc1C#N. The van der Waals surface area contributed by atoms with E-state index in [1.165, 1.54) is 0 Å². The lowest BCUT2D eigenvalue weighted by molar-refractivity contribution is 0.0533. The van der Waals surface area contributed by atoms with Gasteiger partial charge >= 0.3 is 0 Å². The molecule has 0 unspecified atom stereocenters. The van der Waals surface area contributed by atoms with Crippen LogP contribution < -0.4 is 4.74 Å². The average Bonchev–Trinajstić information content (AvgIpc) is 3.55. The molecule has 190 valence electrons. The Labute approximate surface area is 214 Å². The van der Waals surface area contributed by atoms with Crippen molar-refractivity contribution in [3.8, 4) is 34.5 Å².